The zero-order valence-electron chi connectivity index (χ0n) is 17.0. The lowest BCUT2D eigenvalue weighted by Gasteiger charge is -2.39. The van der Waals surface area contributed by atoms with Crippen molar-refractivity contribution < 1.29 is 9.59 Å². The fourth-order valence-corrected chi connectivity index (χ4v) is 4.97. The molecule has 9 heteroatoms. The van der Waals surface area contributed by atoms with E-state index in [0.29, 0.717) is 52.7 Å². The third kappa shape index (κ3) is 4.95. The Kier molecular flexibility index (Phi) is 6.65. The summed E-state index contributed by atoms with van der Waals surface area (Å²) in [5, 5.41) is 3.76. The van der Waals surface area contributed by atoms with Crippen LogP contribution in [0.4, 0.5) is 0 Å². The minimum Gasteiger partial charge on any atom is -0.342 e. The van der Waals surface area contributed by atoms with Crippen LogP contribution in [0.2, 0.25) is 9.36 Å². The van der Waals surface area contributed by atoms with Crippen LogP contribution >= 0.6 is 34.5 Å². The Morgan fingerprint density at radius 2 is 2.00 bits per heavy atom. The molecule has 1 saturated heterocycles. The number of amidine groups is 1. The first-order chi connectivity index (χ1) is 14.9. The molecule has 0 aliphatic carbocycles. The summed E-state index contributed by atoms with van der Waals surface area (Å²) in [4.78, 5) is 34.5. The van der Waals surface area contributed by atoms with Crippen LogP contribution in [0.5, 0.6) is 0 Å². The number of thiophene rings is 1. The maximum absolute atomic E-state index is 13.1. The van der Waals surface area contributed by atoms with Gasteiger partial charge in [0.05, 0.1) is 9.21 Å². The minimum absolute atomic E-state index is 0.0464. The highest BCUT2D eigenvalue weighted by molar-refractivity contribution is 7.17. The van der Waals surface area contributed by atoms with Crippen molar-refractivity contribution in [3.05, 3.63) is 62.4 Å². The van der Waals surface area contributed by atoms with Crippen LogP contribution in [0.1, 0.15) is 28.6 Å². The fourth-order valence-electron chi connectivity index (χ4n) is 3.77. The first-order valence-electron chi connectivity index (χ1n) is 10.0. The number of nitrogens with one attached hydrogen (secondary N) is 1. The van der Waals surface area contributed by atoms with Gasteiger partial charge in [0.15, 0.2) is 5.84 Å². The van der Waals surface area contributed by atoms with Gasteiger partial charge in [0.2, 0.25) is 0 Å². The molecule has 1 N–H and O–H groups in total. The van der Waals surface area contributed by atoms with Gasteiger partial charge in [-0.15, -0.1) is 11.3 Å². The first-order valence-corrected chi connectivity index (χ1v) is 11.6. The van der Waals surface area contributed by atoms with Crippen molar-refractivity contribution in [1.82, 2.24) is 15.1 Å². The number of carbonyl (C=O) groups is 2. The van der Waals surface area contributed by atoms with Gasteiger partial charge >= 0.3 is 0 Å². The Morgan fingerprint density at radius 1 is 1.16 bits per heavy atom. The molecule has 162 valence electrons. The predicted octanol–water partition coefficient (Wildman–Crippen LogP) is 4.16. The molecular formula is C22H22Cl2N4O2S. The van der Waals surface area contributed by atoms with Gasteiger partial charge in [-0.1, -0.05) is 35.3 Å². The van der Waals surface area contributed by atoms with Crippen LogP contribution in [0.15, 0.2) is 47.6 Å². The number of hydrogen-bond donors (Lipinski definition) is 1. The number of aliphatic imine (C=N–C) groups is 1. The van der Waals surface area contributed by atoms with E-state index in [-0.39, 0.29) is 17.9 Å². The molecule has 1 aromatic heterocycles. The summed E-state index contributed by atoms with van der Waals surface area (Å²) >= 11 is 13.3. The predicted molar refractivity (Wildman–Crippen MR) is 126 cm³/mol. The Balaban J connectivity index is 1.40. The number of halogens is 2. The molecule has 31 heavy (non-hydrogen) atoms. The third-order valence-electron chi connectivity index (χ3n) is 5.39. The standard InChI is InChI=1S/C22H22Cl2N4O2S/c1-14-13-27(21(29)18-5-6-19(24)31-18)9-10-28(14)22(30)20-25-8-7-16(12-26-20)15-3-2-4-17(23)11-15/h2-6,11-12,14H,7-10,13H2,1H3,(H,25,26). The smallest absolute Gasteiger partial charge is 0.289 e. The second-order valence-corrected chi connectivity index (χ2v) is 9.66. The van der Waals surface area contributed by atoms with Crippen LogP contribution in [0.25, 0.3) is 5.57 Å². The van der Waals surface area contributed by atoms with Crippen LogP contribution < -0.4 is 5.32 Å². The molecule has 2 amide bonds. The Bertz CT molecular complexity index is 1070. The van der Waals surface area contributed by atoms with Crippen molar-refractivity contribution in [2.75, 3.05) is 26.2 Å². The molecule has 1 fully saturated rings. The van der Waals surface area contributed by atoms with Crippen molar-refractivity contribution in [3.8, 4) is 0 Å². The maximum Gasteiger partial charge on any atom is 0.289 e. The highest BCUT2D eigenvalue weighted by atomic mass is 35.5. The zero-order chi connectivity index (χ0) is 22.0. The van der Waals surface area contributed by atoms with Crippen molar-refractivity contribution >= 4 is 57.8 Å². The SMILES string of the molecule is CC1CN(C(=O)c2ccc(Cl)s2)CCN1C(=O)C1=NCCC(c2cccc(Cl)c2)=CN1. The monoisotopic (exact) mass is 476 g/mol. The number of piperazine rings is 1. The molecule has 1 aromatic carbocycles. The molecule has 0 bridgehead atoms. The van der Waals surface area contributed by atoms with Gasteiger partial charge in [-0.05, 0) is 48.7 Å². The molecule has 6 nitrogen and oxygen atoms in total. The Labute approximate surface area is 195 Å². The molecule has 2 aromatic rings. The average Bonchev–Trinajstić information content (AvgIpc) is 3.04. The number of nitrogens with zero attached hydrogens (tertiary/aromatic N) is 3. The molecule has 2 aliphatic rings. The van der Waals surface area contributed by atoms with Gasteiger partial charge in [0.25, 0.3) is 11.8 Å². The van der Waals surface area contributed by atoms with Crippen LogP contribution in [0, 0.1) is 0 Å². The Hall–Kier alpha value is -2.35. The van der Waals surface area contributed by atoms with E-state index in [0.717, 1.165) is 11.1 Å². The van der Waals surface area contributed by atoms with E-state index < -0.39 is 0 Å². The molecule has 2 aliphatic heterocycles. The molecular weight excluding hydrogens is 455 g/mol. The summed E-state index contributed by atoms with van der Waals surface area (Å²) < 4.78 is 0.591. The van der Waals surface area contributed by atoms with Crippen LogP contribution in [-0.2, 0) is 4.79 Å². The van der Waals surface area contributed by atoms with E-state index in [9.17, 15) is 9.59 Å². The minimum atomic E-state index is -0.151. The summed E-state index contributed by atoms with van der Waals surface area (Å²) in [7, 11) is 0. The fraction of sp³-hybridized carbons (Fsp3) is 0.318. The number of hydrogen-bond acceptors (Lipinski definition) is 5. The van der Waals surface area contributed by atoms with Gasteiger partial charge < -0.3 is 15.1 Å². The van der Waals surface area contributed by atoms with Crippen LogP contribution in [0.3, 0.4) is 0 Å². The lowest BCUT2D eigenvalue weighted by atomic mass is 10.0. The average molecular weight is 477 g/mol. The lowest BCUT2D eigenvalue weighted by Crippen LogP contribution is -2.57. The molecule has 0 saturated carbocycles. The first kappa shape index (κ1) is 21.9. The van der Waals surface area contributed by atoms with Gasteiger partial charge in [0.1, 0.15) is 0 Å². The number of benzene rings is 1. The maximum atomic E-state index is 13.1. The van der Waals surface area contributed by atoms with Crippen molar-refractivity contribution in [3.63, 3.8) is 0 Å². The van der Waals surface area contributed by atoms with Gasteiger partial charge in [-0.25, -0.2) is 0 Å². The second kappa shape index (κ2) is 9.42. The number of rotatable bonds is 3. The number of carbonyl (C=O) groups excluding carboxylic acids is 2. The highest BCUT2D eigenvalue weighted by Crippen LogP contribution is 2.25. The summed E-state index contributed by atoms with van der Waals surface area (Å²) in [6, 6.07) is 11.0. The van der Waals surface area contributed by atoms with Gasteiger partial charge in [0, 0.05) is 43.4 Å². The van der Waals surface area contributed by atoms with Crippen molar-refractivity contribution in [2.45, 2.75) is 19.4 Å². The van der Waals surface area contributed by atoms with Crippen molar-refractivity contribution in [1.29, 1.82) is 0 Å². The van der Waals surface area contributed by atoms with E-state index in [2.05, 4.69) is 10.3 Å². The van der Waals surface area contributed by atoms with E-state index in [4.69, 9.17) is 23.2 Å². The number of amides is 2. The lowest BCUT2D eigenvalue weighted by molar-refractivity contribution is -0.128. The quantitative estimate of drug-likeness (QED) is 0.722. The zero-order valence-corrected chi connectivity index (χ0v) is 19.3. The largest absolute Gasteiger partial charge is 0.342 e. The topological polar surface area (TPSA) is 65.0 Å². The summed E-state index contributed by atoms with van der Waals surface area (Å²) in [6.07, 6.45) is 2.55. The summed E-state index contributed by atoms with van der Waals surface area (Å²) in [5.74, 6) is 0.130. The highest BCUT2D eigenvalue weighted by Gasteiger charge is 2.32. The third-order valence-corrected chi connectivity index (χ3v) is 6.85. The van der Waals surface area contributed by atoms with E-state index in [1.807, 2.05) is 37.4 Å². The van der Waals surface area contributed by atoms with Gasteiger partial charge in [-0.2, -0.15) is 0 Å². The Morgan fingerprint density at radius 3 is 2.71 bits per heavy atom. The molecule has 1 atom stereocenters. The molecule has 4 rings (SSSR count). The normalized spacial score (nSPS) is 19.3. The molecule has 1 unspecified atom stereocenters. The van der Waals surface area contributed by atoms with E-state index in [1.165, 1.54) is 11.3 Å². The van der Waals surface area contributed by atoms with Crippen molar-refractivity contribution in [2.24, 2.45) is 4.99 Å². The van der Waals surface area contributed by atoms with E-state index in [1.54, 1.807) is 21.9 Å². The van der Waals surface area contributed by atoms with Crippen LogP contribution in [-0.4, -0.2) is 59.7 Å². The molecule has 0 spiro atoms. The van der Waals surface area contributed by atoms with Gasteiger partial charge in [-0.3, -0.25) is 14.6 Å². The summed E-state index contributed by atoms with van der Waals surface area (Å²) in [5.41, 5.74) is 2.06. The molecule has 3 heterocycles. The van der Waals surface area contributed by atoms with E-state index >= 15 is 0 Å². The summed E-state index contributed by atoms with van der Waals surface area (Å²) in [6.45, 7) is 3.86. The molecule has 0 radical (unpaired) electrons. The second-order valence-electron chi connectivity index (χ2n) is 7.51.